The summed E-state index contributed by atoms with van der Waals surface area (Å²) in [5.74, 6) is 0.113. The number of hydrogen-bond donors (Lipinski definition) is 7. The molecule has 12 rings (SSSR count). The third-order valence-electron chi connectivity index (χ3n) is 16.8. The summed E-state index contributed by atoms with van der Waals surface area (Å²) in [5, 5.41) is 45.0. The Bertz CT molecular complexity index is 5200. The number of methoxy groups -OCH3 is 3. The van der Waals surface area contributed by atoms with Gasteiger partial charge in [-0.05, 0) is 140 Å². The second kappa shape index (κ2) is 36.3. The number of nitrogens with zero attached hydrogens (tertiary/aromatic N) is 3. The predicted octanol–water partition coefficient (Wildman–Crippen LogP) is 13.6. The van der Waals surface area contributed by atoms with Crippen molar-refractivity contribution in [2.75, 3.05) is 80.5 Å². The molecule has 3 amide bonds. The van der Waals surface area contributed by atoms with Crippen molar-refractivity contribution in [3.63, 3.8) is 0 Å². The molecule has 0 bridgehead atoms. The van der Waals surface area contributed by atoms with Gasteiger partial charge in [0.15, 0.2) is 51.8 Å². The number of nitrogens with one attached hydrogen (secondary N) is 3. The Morgan fingerprint density at radius 2 is 0.858 bits per heavy atom. The molecule has 8 N–H and O–H groups in total. The lowest BCUT2D eigenvalue weighted by Crippen LogP contribution is -2.30. The number of aliphatic hydroxyl groups excluding tert-OH is 2. The summed E-state index contributed by atoms with van der Waals surface area (Å²) in [7, 11) is 4.53. The highest BCUT2D eigenvalue weighted by Gasteiger charge is 2.23. The molecule has 0 aliphatic rings. The second-order valence-corrected chi connectivity index (χ2v) is 26.9. The van der Waals surface area contributed by atoms with Crippen LogP contribution in [0.25, 0.3) is 64.0 Å². The van der Waals surface area contributed by atoms with E-state index >= 15 is 0 Å². The lowest BCUT2D eigenvalue weighted by Gasteiger charge is -2.13. The van der Waals surface area contributed by atoms with E-state index in [4.69, 9.17) is 49.4 Å². The molecule has 0 radical (unpaired) electrons. The first kappa shape index (κ1) is 77.2. The van der Waals surface area contributed by atoms with Crippen LogP contribution in [-0.2, 0) is 0 Å². The van der Waals surface area contributed by atoms with Gasteiger partial charge < -0.3 is 65.4 Å². The van der Waals surface area contributed by atoms with Crippen LogP contribution < -0.4 is 50.1 Å². The van der Waals surface area contributed by atoms with Crippen molar-refractivity contribution in [1.29, 1.82) is 0 Å². The fourth-order valence-electron chi connectivity index (χ4n) is 11.2. The van der Waals surface area contributed by atoms with Crippen LogP contribution in [0.3, 0.4) is 0 Å². The van der Waals surface area contributed by atoms with Gasteiger partial charge in [0, 0.05) is 86.3 Å². The number of thiophene rings is 3. The van der Waals surface area contributed by atoms with Gasteiger partial charge in [-0.2, -0.15) is 0 Å². The first-order valence-corrected chi connectivity index (χ1v) is 36.3. The van der Waals surface area contributed by atoms with Gasteiger partial charge in [-0.15, -0.1) is 34.0 Å². The van der Waals surface area contributed by atoms with Crippen molar-refractivity contribution in [1.82, 2.24) is 30.9 Å². The molecular weight excluding hydrogens is 1410 g/mol. The number of rotatable bonds is 28. The molecule has 0 unspecified atom stereocenters. The van der Waals surface area contributed by atoms with Crippen molar-refractivity contribution in [2.24, 2.45) is 5.73 Å². The molecule has 6 aromatic carbocycles. The summed E-state index contributed by atoms with van der Waals surface area (Å²) in [6, 6.07) is 44.5. The number of benzene rings is 6. The number of aromatic hydroxyl groups is 1. The van der Waals surface area contributed by atoms with E-state index < -0.39 is 17.7 Å². The average molecular weight is 1490 g/mol. The van der Waals surface area contributed by atoms with Crippen LogP contribution in [0.2, 0.25) is 0 Å². The Labute approximate surface area is 623 Å². The molecule has 0 aliphatic carbocycles. The fraction of sp³-hybridized carbons (Fsp3) is 0.222. The highest BCUT2D eigenvalue weighted by molar-refractivity contribution is 7.18. The number of Topliss-reactive ketones (excluding diaryl/α,β-unsaturated/α-hetero) is 3. The van der Waals surface area contributed by atoms with Gasteiger partial charge in [-0.1, -0.05) is 74.5 Å². The first-order chi connectivity index (χ1) is 51.2. The Hall–Kier alpha value is -11.5. The highest BCUT2D eigenvalue weighted by Crippen LogP contribution is 2.41. The van der Waals surface area contributed by atoms with Gasteiger partial charge in [-0.3, -0.25) is 28.8 Å². The number of carbonyl (C=O) groups is 6. The van der Waals surface area contributed by atoms with Gasteiger partial charge in [0.05, 0.1) is 65.6 Å². The molecule has 106 heavy (non-hydrogen) atoms. The van der Waals surface area contributed by atoms with Crippen LogP contribution in [0.5, 0.6) is 40.2 Å². The first-order valence-electron chi connectivity index (χ1n) is 33.7. The number of aryl methyl sites for hydroxylation is 3. The molecule has 0 spiro atoms. The lowest BCUT2D eigenvalue weighted by molar-refractivity contribution is 0.0901. The zero-order valence-electron chi connectivity index (χ0n) is 59.5. The molecule has 0 saturated carbocycles. The minimum Gasteiger partial charge on any atom is -0.504 e. The second-order valence-electron chi connectivity index (χ2n) is 24.3. The summed E-state index contributed by atoms with van der Waals surface area (Å²) in [4.78, 5) is 90.5. The molecular formula is C81H79N7O15S3. The van der Waals surface area contributed by atoms with E-state index in [2.05, 4.69) is 90.2 Å². The summed E-state index contributed by atoms with van der Waals surface area (Å²) in [6.07, 6.45) is 0. The van der Waals surface area contributed by atoms with Crippen LogP contribution in [0.1, 0.15) is 105 Å². The van der Waals surface area contributed by atoms with Crippen molar-refractivity contribution in [3.05, 3.63) is 224 Å². The molecule has 6 heterocycles. The van der Waals surface area contributed by atoms with Gasteiger partial charge >= 0.3 is 0 Å². The average Bonchev–Trinajstić information content (AvgIpc) is 1.63. The minimum atomic E-state index is -0.511. The Kier molecular flexibility index (Phi) is 26.4. The normalized spacial score (nSPS) is 10.9. The van der Waals surface area contributed by atoms with Crippen LogP contribution in [0.15, 0.2) is 168 Å². The van der Waals surface area contributed by atoms with Gasteiger partial charge in [0.2, 0.25) is 0 Å². The summed E-state index contributed by atoms with van der Waals surface area (Å²) >= 11 is 4.94. The molecule has 25 heteroatoms. The maximum absolute atomic E-state index is 13.1. The molecule has 22 nitrogen and oxygen atoms in total. The van der Waals surface area contributed by atoms with Gasteiger partial charge in [-0.25, -0.2) is 15.0 Å². The van der Waals surface area contributed by atoms with E-state index in [0.29, 0.717) is 70.1 Å². The number of aromatic nitrogens is 3. The third-order valence-corrected chi connectivity index (χ3v) is 20.2. The van der Waals surface area contributed by atoms with Gasteiger partial charge in [0.1, 0.15) is 48.3 Å². The topological polar surface area (TPSA) is 319 Å². The number of ketones is 3. The van der Waals surface area contributed by atoms with Crippen molar-refractivity contribution >= 4 is 99.3 Å². The third kappa shape index (κ3) is 18.5. The zero-order valence-corrected chi connectivity index (χ0v) is 61.9. The number of phenolic OH excluding ortho intramolecular Hbond substituents is 1. The van der Waals surface area contributed by atoms with Crippen molar-refractivity contribution in [3.8, 4) is 74.0 Å². The zero-order chi connectivity index (χ0) is 75.6. The van der Waals surface area contributed by atoms with Crippen LogP contribution in [-0.4, -0.2) is 146 Å². The van der Waals surface area contributed by atoms with E-state index in [9.17, 15) is 33.9 Å². The highest BCUT2D eigenvalue weighted by atomic mass is 32.1. The van der Waals surface area contributed by atoms with Gasteiger partial charge in [0.25, 0.3) is 17.7 Å². The van der Waals surface area contributed by atoms with E-state index in [1.807, 2.05) is 53.2 Å². The number of aliphatic hydroxyl groups is 2. The Morgan fingerprint density at radius 1 is 0.443 bits per heavy atom. The minimum absolute atomic E-state index is 0.0282. The molecule has 12 aromatic rings. The standard InChI is InChI=1S/C29H30N2O5S.C27H27N3O5S.C25H22N2O5S/c1-17(2)20-12-23(22-16-37-28-18(3)6-5-7-21(22)28)31-24(13-20)25(33)15-30-29(34)19-8-9-26(36-11-10-32)27(14-19)35-4;1-16-5-4-6-18-19(15-36-26(16)18)25-23(33-2)10-8-20(30-25)21(31)14-29-27(32)17-7-9-22(35-12-11-28)24(13-17)34-3;1-15-4-2-5-17-18(14-33-24(15)17)19-6-3-7-20(27-19)22(30)13-26-25(31)16-8-9-23(21(29)12-16)32-11-10-28/h5-9,12-14,16-17,32H,10-11,15H2,1-4H3,(H,30,34);4-10,13,15H,11-12,14,28H2,1-3H3,(H,29,32);2-9,12,14,28-29H,10-11,13H2,1H3,(H,26,31). The summed E-state index contributed by atoms with van der Waals surface area (Å²) in [6.45, 7) is 10.2. The van der Waals surface area contributed by atoms with Crippen molar-refractivity contribution < 1.29 is 72.5 Å². The molecule has 0 saturated heterocycles. The molecule has 0 aliphatic heterocycles. The summed E-state index contributed by atoms with van der Waals surface area (Å²) in [5.41, 5.74) is 16.6. The number of phenols is 1. The van der Waals surface area contributed by atoms with Crippen LogP contribution in [0.4, 0.5) is 0 Å². The smallest absolute Gasteiger partial charge is 0.251 e. The lowest BCUT2D eigenvalue weighted by atomic mass is 9.98. The number of amides is 3. The largest absolute Gasteiger partial charge is 0.504 e. The molecule has 6 aromatic heterocycles. The molecule has 546 valence electrons. The number of nitrogens with two attached hydrogens (primary N) is 1. The van der Waals surface area contributed by atoms with E-state index in [1.54, 1.807) is 102 Å². The number of hydrogen-bond acceptors (Lipinski definition) is 22. The Balaban J connectivity index is 0.000000170. The maximum atomic E-state index is 13.1. The molecule has 0 atom stereocenters. The fourth-order valence-corrected chi connectivity index (χ4v) is 14.3. The Morgan fingerprint density at radius 3 is 1.34 bits per heavy atom. The van der Waals surface area contributed by atoms with E-state index in [0.717, 1.165) is 48.8 Å². The maximum Gasteiger partial charge on any atom is 0.251 e. The van der Waals surface area contributed by atoms with E-state index in [-0.39, 0.29) is 97.8 Å². The number of fused-ring (bicyclic) bond motifs is 3. The number of carbonyl (C=O) groups excluding carboxylic acids is 6. The van der Waals surface area contributed by atoms with Crippen LogP contribution >= 0.6 is 34.0 Å². The van der Waals surface area contributed by atoms with Crippen molar-refractivity contribution in [2.45, 2.75) is 40.5 Å². The van der Waals surface area contributed by atoms with E-state index in [1.165, 1.54) is 64.6 Å². The van der Waals surface area contributed by atoms with Crippen LogP contribution in [0, 0.1) is 20.8 Å². The monoisotopic (exact) mass is 1490 g/mol. The SMILES string of the molecule is COc1cc(C(=O)NCC(=O)c2cc(C(C)C)cc(-c3csc4c(C)cccc34)n2)ccc1OCCO.COc1cc(C(=O)NCC(=O)c2ccc(OC)c(-c3csc4c(C)cccc34)n2)ccc1OCCN.Cc1cccc2c(-c3cccc(C(=O)CNC(=O)c4ccc(OCCO)c(O)c4)n3)csc12. The number of ether oxygens (including phenoxy) is 6. The molecule has 0 fully saturated rings. The number of pyridine rings is 3. The quantitative estimate of drug-likeness (QED) is 0.0224. The summed E-state index contributed by atoms with van der Waals surface area (Å²) < 4.78 is 35.7. The predicted molar refractivity (Wildman–Crippen MR) is 414 cm³/mol.